The van der Waals surface area contributed by atoms with Crippen molar-refractivity contribution < 1.29 is 4.79 Å². The van der Waals surface area contributed by atoms with E-state index in [9.17, 15) is 4.79 Å². The van der Waals surface area contributed by atoms with E-state index < -0.39 is 0 Å². The molecule has 1 aliphatic heterocycles. The number of rotatable bonds is 7. The molecule has 128 valence electrons. The van der Waals surface area contributed by atoms with Crippen LogP contribution in [0.25, 0.3) is 0 Å². The third-order valence-electron chi connectivity index (χ3n) is 4.62. The molecule has 0 aliphatic carbocycles. The summed E-state index contributed by atoms with van der Waals surface area (Å²) in [4.78, 5) is 17.9. The molecule has 3 rings (SSSR count). The van der Waals surface area contributed by atoms with Gasteiger partial charge in [0.2, 0.25) is 5.91 Å². The van der Waals surface area contributed by atoms with Crippen LogP contribution in [-0.4, -0.2) is 35.4 Å². The van der Waals surface area contributed by atoms with Gasteiger partial charge in [-0.2, -0.15) is 0 Å². The molecule has 0 saturated carbocycles. The Morgan fingerprint density at radius 3 is 2.67 bits per heavy atom. The second-order valence-electron chi connectivity index (χ2n) is 6.30. The van der Waals surface area contributed by atoms with E-state index in [1.54, 1.807) is 11.3 Å². The first-order valence-corrected chi connectivity index (χ1v) is 9.36. The van der Waals surface area contributed by atoms with Crippen molar-refractivity contribution in [1.82, 2.24) is 9.88 Å². The zero-order valence-corrected chi connectivity index (χ0v) is 14.6. The number of hydrogen-bond acceptors (Lipinski definition) is 5. The summed E-state index contributed by atoms with van der Waals surface area (Å²) < 4.78 is 0. The SMILES string of the molecule is NC(=O)C1CCN(CCc2ccc(NCc3cscn3)cc2)CC1. The Morgan fingerprint density at radius 1 is 1.29 bits per heavy atom. The fourth-order valence-corrected chi connectivity index (χ4v) is 3.59. The minimum atomic E-state index is -0.143. The molecule has 1 fully saturated rings. The van der Waals surface area contributed by atoms with Crippen LogP contribution in [0.4, 0.5) is 5.69 Å². The zero-order valence-electron chi connectivity index (χ0n) is 13.8. The topological polar surface area (TPSA) is 71.2 Å². The lowest BCUT2D eigenvalue weighted by Crippen LogP contribution is -2.39. The van der Waals surface area contributed by atoms with Gasteiger partial charge in [0.1, 0.15) is 0 Å². The Bertz CT molecular complexity index is 634. The molecule has 0 bridgehead atoms. The minimum absolute atomic E-state index is 0.0734. The number of nitrogens with zero attached hydrogens (tertiary/aromatic N) is 2. The summed E-state index contributed by atoms with van der Waals surface area (Å²) in [5, 5.41) is 5.44. The molecule has 1 aromatic carbocycles. The summed E-state index contributed by atoms with van der Waals surface area (Å²) in [6.45, 7) is 3.75. The van der Waals surface area contributed by atoms with Gasteiger partial charge in [-0.3, -0.25) is 4.79 Å². The molecule has 24 heavy (non-hydrogen) atoms. The van der Waals surface area contributed by atoms with Gasteiger partial charge in [0.15, 0.2) is 0 Å². The molecule has 3 N–H and O–H groups in total. The summed E-state index contributed by atoms with van der Waals surface area (Å²) >= 11 is 1.62. The Hall–Kier alpha value is -1.92. The second-order valence-corrected chi connectivity index (χ2v) is 7.02. The number of carbonyl (C=O) groups excluding carboxylic acids is 1. The number of amides is 1. The maximum Gasteiger partial charge on any atom is 0.220 e. The van der Waals surface area contributed by atoms with Crippen LogP contribution in [0.5, 0.6) is 0 Å². The van der Waals surface area contributed by atoms with E-state index in [2.05, 4.69) is 44.8 Å². The van der Waals surface area contributed by atoms with Crippen molar-refractivity contribution in [3.05, 3.63) is 46.4 Å². The normalized spacial score (nSPS) is 16.2. The van der Waals surface area contributed by atoms with Gasteiger partial charge in [0.25, 0.3) is 0 Å². The van der Waals surface area contributed by atoms with Crippen LogP contribution in [0.3, 0.4) is 0 Å². The highest BCUT2D eigenvalue weighted by molar-refractivity contribution is 7.07. The standard InChI is InChI=1S/C18H24N4OS/c19-18(23)15-6-9-22(10-7-15)8-5-14-1-3-16(4-2-14)20-11-17-12-24-13-21-17/h1-4,12-13,15,20H,5-11H2,(H2,19,23). The number of nitrogens with one attached hydrogen (secondary N) is 1. The smallest absolute Gasteiger partial charge is 0.220 e. The molecule has 2 heterocycles. The largest absolute Gasteiger partial charge is 0.379 e. The van der Waals surface area contributed by atoms with Crippen molar-refractivity contribution in [3.63, 3.8) is 0 Å². The fourth-order valence-electron chi connectivity index (χ4n) is 3.04. The first-order chi connectivity index (χ1) is 11.7. The lowest BCUT2D eigenvalue weighted by atomic mass is 9.96. The van der Waals surface area contributed by atoms with Crippen LogP contribution in [0.1, 0.15) is 24.1 Å². The van der Waals surface area contributed by atoms with Gasteiger partial charge in [-0.05, 0) is 50.0 Å². The molecule has 1 saturated heterocycles. The van der Waals surface area contributed by atoms with Crippen molar-refractivity contribution in [1.29, 1.82) is 0 Å². The molecule has 0 atom stereocenters. The Kier molecular flexibility index (Phi) is 5.82. The summed E-state index contributed by atoms with van der Waals surface area (Å²) in [5.74, 6) is -0.0697. The molecule has 2 aromatic rings. The van der Waals surface area contributed by atoms with Crippen LogP contribution < -0.4 is 11.1 Å². The number of thiazole rings is 1. The lowest BCUT2D eigenvalue weighted by molar-refractivity contribution is -0.123. The maximum absolute atomic E-state index is 11.2. The number of primary amides is 1. The molecule has 0 unspecified atom stereocenters. The van der Waals surface area contributed by atoms with E-state index in [4.69, 9.17) is 5.73 Å². The number of piperidine rings is 1. The van der Waals surface area contributed by atoms with Crippen LogP contribution in [0, 0.1) is 5.92 Å². The first kappa shape index (κ1) is 16.9. The van der Waals surface area contributed by atoms with Gasteiger partial charge in [0.05, 0.1) is 17.7 Å². The van der Waals surface area contributed by atoms with Crippen LogP contribution >= 0.6 is 11.3 Å². The monoisotopic (exact) mass is 344 g/mol. The fraction of sp³-hybridized carbons (Fsp3) is 0.444. The van der Waals surface area contributed by atoms with Crippen molar-refractivity contribution in [2.75, 3.05) is 25.0 Å². The predicted molar refractivity (Wildman–Crippen MR) is 97.9 cm³/mol. The van der Waals surface area contributed by atoms with E-state index in [0.29, 0.717) is 0 Å². The summed E-state index contributed by atoms with van der Waals surface area (Å²) in [5.41, 5.74) is 10.8. The molecule has 6 heteroatoms. The van der Waals surface area contributed by atoms with Crippen molar-refractivity contribution in [2.24, 2.45) is 11.7 Å². The van der Waals surface area contributed by atoms with Crippen molar-refractivity contribution >= 4 is 22.9 Å². The van der Waals surface area contributed by atoms with Crippen molar-refractivity contribution in [3.8, 4) is 0 Å². The number of benzene rings is 1. The number of nitrogens with two attached hydrogens (primary N) is 1. The quantitative estimate of drug-likeness (QED) is 0.809. The molecule has 0 spiro atoms. The van der Waals surface area contributed by atoms with Crippen LogP contribution in [0.15, 0.2) is 35.2 Å². The van der Waals surface area contributed by atoms with Gasteiger partial charge >= 0.3 is 0 Å². The van der Waals surface area contributed by atoms with Gasteiger partial charge in [-0.25, -0.2) is 4.98 Å². The van der Waals surface area contributed by atoms with E-state index in [0.717, 1.165) is 56.8 Å². The van der Waals surface area contributed by atoms with E-state index in [1.165, 1.54) is 5.56 Å². The van der Waals surface area contributed by atoms with E-state index in [-0.39, 0.29) is 11.8 Å². The lowest BCUT2D eigenvalue weighted by Gasteiger charge is -2.30. The summed E-state index contributed by atoms with van der Waals surface area (Å²) in [6.07, 6.45) is 2.83. The van der Waals surface area contributed by atoms with Crippen molar-refractivity contribution in [2.45, 2.75) is 25.8 Å². The molecular formula is C18H24N4OS. The van der Waals surface area contributed by atoms with Gasteiger partial charge in [-0.1, -0.05) is 12.1 Å². The Labute approximate surface area is 146 Å². The predicted octanol–water partition coefficient (Wildman–Crippen LogP) is 2.50. The van der Waals surface area contributed by atoms with E-state index >= 15 is 0 Å². The number of hydrogen-bond donors (Lipinski definition) is 2. The average Bonchev–Trinajstić information content (AvgIpc) is 3.13. The van der Waals surface area contributed by atoms with Gasteiger partial charge in [0, 0.05) is 23.5 Å². The van der Waals surface area contributed by atoms with Crippen LogP contribution in [-0.2, 0) is 17.8 Å². The highest BCUT2D eigenvalue weighted by atomic mass is 32.1. The first-order valence-electron chi connectivity index (χ1n) is 8.42. The summed E-state index contributed by atoms with van der Waals surface area (Å²) in [6, 6.07) is 8.61. The highest BCUT2D eigenvalue weighted by Gasteiger charge is 2.22. The number of anilines is 1. The molecule has 1 amide bonds. The molecule has 1 aliphatic rings. The number of carbonyl (C=O) groups is 1. The number of likely N-dealkylation sites (tertiary alicyclic amines) is 1. The third-order valence-corrected chi connectivity index (χ3v) is 5.25. The molecule has 5 nitrogen and oxygen atoms in total. The second kappa shape index (κ2) is 8.26. The highest BCUT2D eigenvalue weighted by Crippen LogP contribution is 2.17. The minimum Gasteiger partial charge on any atom is -0.379 e. The molecule has 0 radical (unpaired) electrons. The van der Waals surface area contributed by atoms with Crippen LogP contribution in [0.2, 0.25) is 0 Å². The third kappa shape index (κ3) is 4.79. The van der Waals surface area contributed by atoms with Gasteiger partial charge in [-0.15, -0.1) is 11.3 Å². The maximum atomic E-state index is 11.2. The number of aromatic nitrogens is 1. The summed E-state index contributed by atoms with van der Waals surface area (Å²) in [7, 11) is 0. The molecule has 1 aromatic heterocycles. The van der Waals surface area contributed by atoms with Gasteiger partial charge < -0.3 is 16.0 Å². The van der Waals surface area contributed by atoms with E-state index in [1.807, 2.05) is 5.51 Å². The Morgan fingerprint density at radius 2 is 2.04 bits per heavy atom. The Balaban J connectivity index is 1.41. The molecular weight excluding hydrogens is 320 g/mol. The average molecular weight is 344 g/mol. The zero-order chi connectivity index (χ0) is 16.8.